The molecule has 140 valence electrons. The second-order valence-electron chi connectivity index (χ2n) is 5.98. The van der Waals surface area contributed by atoms with E-state index in [1.807, 2.05) is 0 Å². The zero-order valence-corrected chi connectivity index (χ0v) is 15.2. The molecule has 0 spiro atoms. The number of benzene rings is 2. The lowest BCUT2D eigenvalue weighted by Gasteiger charge is -2.15. The Kier molecular flexibility index (Phi) is 5.03. The van der Waals surface area contributed by atoms with Gasteiger partial charge in [-0.25, -0.2) is 4.79 Å². The fourth-order valence-corrected chi connectivity index (χ4v) is 3.11. The van der Waals surface area contributed by atoms with E-state index in [1.165, 1.54) is 0 Å². The molecule has 0 bridgehead atoms. The van der Waals surface area contributed by atoms with Crippen LogP contribution in [0.3, 0.4) is 0 Å². The second kappa shape index (κ2) is 7.41. The molecule has 27 heavy (non-hydrogen) atoms. The summed E-state index contributed by atoms with van der Waals surface area (Å²) in [5.41, 5.74) is 1.48. The van der Waals surface area contributed by atoms with Gasteiger partial charge in [-0.2, -0.15) is 0 Å². The third kappa shape index (κ3) is 3.31. The zero-order chi connectivity index (χ0) is 19.6. The molecular weight excluding hydrogens is 348 g/mol. The fraction of sp³-hybridized carbons (Fsp3) is 0.200. The minimum absolute atomic E-state index is 0.301. The van der Waals surface area contributed by atoms with Gasteiger partial charge in [0.1, 0.15) is 17.2 Å². The van der Waals surface area contributed by atoms with E-state index in [-0.39, 0.29) is 0 Å². The van der Waals surface area contributed by atoms with Crippen LogP contribution in [0.4, 0.5) is 0 Å². The van der Waals surface area contributed by atoms with Crippen LogP contribution in [0.1, 0.15) is 22.1 Å². The van der Waals surface area contributed by atoms with Gasteiger partial charge in [0, 0.05) is 12.4 Å². The third-order valence-corrected chi connectivity index (χ3v) is 4.45. The van der Waals surface area contributed by atoms with E-state index >= 15 is 0 Å². The summed E-state index contributed by atoms with van der Waals surface area (Å²) in [4.78, 5) is 24.5. The molecule has 0 radical (unpaired) electrons. The largest absolute Gasteiger partial charge is 0.496 e. The summed E-state index contributed by atoms with van der Waals surface area (Å²) < 4.78 is 12.4. The van der Waals surface area contributed by atoms with Gasteiger partial charge in [0.25, 0.3) is 5.91 Å². The number of aliphatic carboxylic acids is 1. The van der Waals surface area contributed by atoms with Crippen molar-refractivity contribution in [2.24, 2.45) is 7.05 Å². The van der Waals surface area contributed by atoms with Crippen LogP contribution in [-0.4, -0.2) is 35.8 Å². The highest BCUT2D eigenvalue weighted by Crippen LogP contribution is 2.35. The SMILES string of the molecule is COc1ccc(OC)c2c1cc(C(=O)NC(C(=O)O)c1ccccc1)n2C. The maximum Gasteiger partial charge on any atom is 0.330 e. The van der Waals surface area contributed by atoms with Crippen molar-refractivity contribution in [2.75, 3.05) is 14.2 Å². The molecule has 3 rings (SSSR count). The van der Waals surface area contributed by atoms with Gasteiger partial charge in [0.2, 0.25) is 0 Å². The quantitative estimate of drug-likeness (QED) is 0.698. The summed E-state index contributed by atoms with van der Waals surface area (Å²) >= 11 is 0. The van der Waals surface area contributed by atoms with Crippen LogP contribution >= 0.6 is 0 Å². The summed E-state index contributed by atoms with van der Waals surface area (Å²) in [6, 6.07) is 12.6. The Morgan fingerprint density at radius 3 is 2.26 bits per heavy atom. The van der Waals surface area contributed by atoms with E-state index in [4.69, 9.17) is 9.47 Å². The molecule has 0 saturated carbocycles. The lowest BCUT2D eigenvalue weighted by molar-refractivity contribution is -0.139. The van der Waals surface area contributed by atoms with Gasteiger partial charge in [-0.1, -0.05) is 30.3 Å². The van der Waals surface area contributed by atoms with Gasteiger partial charge in [0.05, 0.1) is 19.7 Å². The highest BCUT2D eigenvalue weighted by atomic mass is 16.5. The van der Waals surface area contributed by atoms with Gasteiger partial charge < -0.3 is 24.5 Å². The molecule has 7 heteroatoms. The van der Waals surface area contributed by atoms with E-state index in [0.29, 0.717) is 33.7 Å². The average Bonchev–Trinajstić information content (AvgIpc) is 3.03. The van der Waals surface area contributed by atoms with Crippen molar-refractivity contribution < 1.29 is 24.2 Å². The van der Waals surface area contributed by atoms with Crippen LogP contribution in [0, 0.1) is 0 Å². The first-order valence-electron chi connectivity index (χ1n) is 8.27. The number of hydrogen-bond acceptors (Lipinski definition) is 4. The number of amides is 1. The fourth-order valence-electron chi connectivity index (χ4n) is 3.11. The summed E-state index contributed by atoms with van der Waals surface area (Å²) in [7, 11) is 4.81. The van der Waals surface area contributed by atoms with Crippen LogP contribution in [-0.2, 0) is 11.8 Å². The molecule has 0 aliphatic carbocycles. The highest BCUT2D eigenvalue weighted by Gasteiger charge is 2.25. The zero-order valence-electron chi connectivity index (χ0n) is 15.2. The minimum atomic E-state index is -1.15. The number of methoxy groups -OCH3 is 2. The average molecular weight is 368 g/mol. The number of aromatic nitrogens is 1. The number of carbonyl (C=O) groups excluding carboxylic acids is 1. The van der Waals surface area contributed by atoms with Crippen molar-refractivity contribution in [3.8, 4) is 11.5 Å². The number of carbonyl (C=O) groups is 2. The normalized spacial score (nSPS) is 11.8. The number of aryl methyl sites for hydroxylation is 1. The smallest absolute Gasteiger partial charge is 0.330 e. The molecule has 1 unspecified atom stereocenters. The van der Waals surface area contributed by atoms with Crippen molar-refractivity contribution in [1.82, 2.24) is 9.88 Å². The molecule has 7 nitrogen and oxygen atoms in total. The van der Waals surface area contributed by atoms with E-state index in [9.17, 15) is 14.7 Å². The third-order valence-electron chi connectivity index (χ3n) is 4.45. The van der Waals surface area contributed by atoms with Crippen LogP contribution in [0.15, 0.2) is 48.5 Å². The van der Waals surface area contributed by atoms with E-state index in [2.05, 4.69) is 5.32 Å². The maximum atomic E-state index is 12.8. The monoisotopic (exact) mass is 368 g/mol. The van der Waals surface area contributed by atoms with E-state index < -0.39 is 17.9 Å². The molecule has 1 amide bonds. The Morgan fingerprint density at radius 2 is 1.67 bits per heavy atom. The summed E-state index contributed by atoms with van der Waals surface area (Å²) in [5.74, 6) is -0.457. The Morgan fingerprint density at radius 1 is 1.04 bits per heavy atom. The molecule has 1 aromatic heterocycles. The van der Waals surface area contributed by atoms with Gasteiger partial charge in [-0.15, -0.1) is 0 Å². The predicted molar refractivity (Wildman–Crippen MR) is 100 cm³/mol. The number of fused-ring (bicyclic) bond motifs is 1. The number of ether oxygens (including phenoxy) is 2. The molecule has 1 heterocycles. The topological polar surface area (TPSA) is 89.8 Å². The van der Waals surface area contributed by atoms with Gasteiger partial charge in [0.15, 0.2) is 6.04 Å². The molecule has 1 atom stereocenters. The predicted octanol–water partition coefficient (Wildman–Crippen LogP) is 2.75. The highest BCUT2D eigenvalue weighted by molar-refractivity contribution is 6.03. The lowest BCUT2D eigenvalue weighted by Crippen LogP contribution is -2.34. The Bertz CT molecular complexity index is 995. The number of carboxylic acids is 1. The standard InChI is InChI=1S/C20H20N2O5/c1-22-14(11-13-15(26-2)9-10-16(27-3)18(13)22)19(23)21-17(20(24)25)12-7-5-4-6-8-12/h4-11,17H,1-3H3,(H,21,23)(H,24,25). The van der Waals surface area contributed by atoms with Crippen molar-refractivity contribution in [1.29, 1.82) is 0 Å². The van der Waals surface area contributed by atoms with Crippen LogP contribution in [0.5, 0.6) is 11.5 Å². The number of nitrogens with one attached hydrogen (secondary N) is 1. The van der Waals surface area contributed by atoms with Gasteiger partial charge in [-0.05, 0) is 23.8 Å². The van der Waals surface area contributed by atoms with Crippen molar-refractivity contribution in [3.05, 3.63) is 59.8 Å². The summed E-state index contributed by atoms with van der Waals surface area (Å²) in [6.45, 7) is 0. The van der Waals surface area contributed by atoms with E-state index in [1.54, 1.807) is 74.4 Å². The van der Waals surface area contributed by atoms with Gasteiger partial charge in [-0.3, -0.25) is 4.79 Å². The number of nitrogens with zero attached hydrogens (tertiary/aromatic N) is 1. The van der Waals surface area contributed by atoms with E-state index in [0.717, 1.165) is 0 Å². The van der Waals surface area contributed by atoms with Crippen LogP contribution in [0.25, 0.3) is 10.9 Å². The molecule has 0 aliphatic heterocycles. The molecule has 0 saturated heterocycles. The van der Waals surface area contributed by atoms with Crippen LogP contribution < -0.4 is 14.8 Å². The molecular formula is C20H20N2O5. The second-order valence-corrected chi connectivity index (χ2v) is 5.98. The van der Waals surface area contributed by atoms with Crippen molar-refractivity contribution >= 4 is 22.8 Å². The summed E-state index contributed by atoms with van der Waals surface area (Å²) in [5, 5.41) is 12.8. The van der Waals surface area contributed by atoms with Crippen molar-refractivity contribution in [2.45, 2.75) is 6.04 Å². The molecule has 2 aromatic carbocycles. The first kappa shape index (κ1) is 18.3. The molecule has 3 aromatic rings. The Labute approximate surface area is 156 Å². The van der Waals surface area contributed by atoms with Crippen LogP contribution in [0.2, 0.25) is 0 Å². The number of hydrogen-bond donors (Lipinski definition) is 2. The molecule has 0 fully saturated rings. The Hall–Kier alpha value is -3.48. The lowest BCUT2D eigenvalue weighted by atomic mass is 10.1. The van der Waals surface area contributed by atoms with Gasteiger partial charge >= 0.3 is 5.97 Å². The Balaban J connectivity index is 2.03. The summed E-state index contributed by atoms with van der Waals surface area (Å²) in [6.07, 6.45) is 0. The number of carboxylic acid groups (broad SMARTS) is 1. The van der Waals surface area contributed by atoms with Crippen molar-refractivity contribution in [3.63, 3.8) is 0 Å². The molecule has 0 aliphatic rings. The number of rotatable bonds is 6. The molecule has 2 N–H and O–H groups in total. The maximum absolute atomic E-state index is 12.8. The minimum Gasteiger partial charge on any atom is -0.496 e. The first-order valence-corrected chi connectivity index (χ1v) is 8.27. The first-order chi connectivity index (χ1) is 13.0.